The van der Waals surface area contributed by atoms with E-state index in [1.165, 1.54) is 60.6 Å². The summed E-state index contributed by atoms with van der Waals surface area (Å²) in [6, 6.07) is 71.1. The Morgan fingerprint density at radius 1 is 0.321 bits per heavy atom. The molecule has 0 saturated heterocycles. The number of benzene rings is 8. The Kier molecular flexibility index (Phi) is 7.56. The standard InChI is InChI=1S/C51H33BN4/c1-4-16-35(17-5-1)49-53-50(36-18-6-2-7-19-36)55-51(54-49)37-32-30-34(31-33-37)39-24-14-25-42-43-26-15-29-46(48(43)52(47(39)42)38-20-8-3-9-21-38)56-44-27-12-10-22-40(44)41-23-11-13-28-45(41)56/h1-33H. The van der Waals surface area contributed by atoms with Crippen molar-refractivity contribution in [1.29, 1.82) is 0 Å². The molecule has 56 heavy (non-hydrogen) atoms. The van der Waals surface area contributed by atoms with Gasteiger partial charge >= 0.3 is 0 Å². The van der Waals surface area contributed by atoms with Gasteiger partial charge < -0.3 is 4.57 Å². The van der Waals surface area contributed by atoms with Crippen LogP contribution in [0.4, 0.5) is 0 Å². The summed E-state index contributed by atoms with van der Waals surface area (Å²) in [7, 11) is 0. The third kappa shape index (κ3) is 5.20. The fourth-order valence-corrected chi connectivity index (χ4v) is 8.69. The largest absolute Gasteiger partial charge is 0.310 e. The highest BCUT2D eigenvalue weighted by Gasteiger charge is 2.38. The smallest absolute Gasteiger partial charge is 0.246 e. The molecule has 0 bridgehead atoms. The molecule has 0 N–H and O–H groups in total. The van der Waals surface area contributed by atoms with Gasteiger partial charge in [0.1, 0.15) is 0 Å². The minimum absolute atomic E-state index is 0.0265. The van der Waals surface area contributed by atoms with Crippen LogP contribution in [0.3, 0.4) is 0 Å². The summed E-state index contributed by atoms with van der Waals surface area (Å²) >= 11 is 0. The van der Waals surface area contributed by atoms with Crippen molar-refractivity contribution in [3.63, 3.8) is 0 Å². The molecule has 260 valence electrons. The van der Waals surface area contributed by atoms with Crippen LogP contribution in [0.15, 0.2) is 200 Å². The van der Waals surface area contributed by atoms with Crippen LogP contribution in [0, 0.1) is 0 Å². The molecule has 8 aromatic carbocycles. The van der Waals surface area contributed by atoms with Gasteiger partial charge in [-0.2, -0.15) is 0 Å². The second kappa shape index (κ2) is 13.2. The van der Waals surface area contributed by atoms with Gasteiger partial charge in [0.05, 0.1) is 11.0 Å². The van der Waals surface area contributed by atoms with Gasteiger partial charge in [-0.15, -0.1) is 0 Å². The van der Waals surface area contributed by atoms with Gasteiger partial charge in [0.15, 0.2) is 17.5 Å². The molecule has 11 rings (SSSR count). The van der Waals surface area contributed by atoms with Crippen molar-refractivity contribution < 1.29 is 0 Å². The van der Waals surface area contributed by atoms with Gasteiger partial charge in [0.25, 0.3) is 0 Å². The van der Waals surface area contributed by atoms with Crippen molar-refractivity contribution in [1.82, 2.24) is 19.5 Å². The molecule has 0 unspecified atom stereocenters. The Morgan fingerprint density at radius 3 is 1.32 bits per heavy atom. The summed E-state index contributed by atoms with van der Waals surface area (Å²) in [5.41, 5.74) is 15.3. The van der Waals surface area contributed by atoms with Gasteiger partial charge in [-0.25, -0.2) is 15.0 Å². The summed E-state index contributed by atoms with van der Waals surface area (Å²) in [5.74, 6) is 1.96. The highest BCUT2D eigenvalue weighted by atomic mass is 15.0. The first-order valence-corrected chi connectivity index (χ1v) is 19.1. The molecular formula is C51H33BN4. The molecule has 0 saturated carbocycles. The molecular weight excluding hydrogens is 679 g/mol. The summed E-state index contributed by atoms with van der Waals surface area (Å²) in [6.45, 7) is 0.0265. The molecule has 5 heteroatoms. The van der Waals surface area contributed by atoms with E-state index >= 15 is 0 Å². The third-order valence-corrected chi connectivity index (χ3v) is 11.2. The van der Waals surface area contributed by atoms with E-state index in [0.29, 0.717) is 17.5 Å². The van der Waals surface area contributed by atoms with Gasteiger partial charge in [-0.3, -0.25) is 0 Å². The molecule has 10 aromatic rings. The number of rotatable bonds is 6. The highest BCUT2D eigenvalue weighted by molar-refractivity contribution is 7.00. The number of para-hydroxylation sites is 2. The normalized spacial score (nSPS) is 11.9. The molecule has 2 aromatic heterocycles. The van der Waals surface area contributed by atoms with E-state index in [2.05, 4.69) is 144 Å². The lowest BCUT2D eigenvalue weighted by Crippen LogP contribution is -2.50. The monoisotopic (exact) mass is 712 g/mol. The van der Waals surface area contributed by atoms with Gasteiger partial charge in [-0.05, 0) is 45.9 Å². The number of nitrogens with zero attached hydrogens (tertiary/aromatic N) is 4. The van der Waals surface area contributed by atoms with E-state index in [1.807, 2.05) is 60.7 Å². The van der Waals surface area contributed by atoms with Crippen LogP contribution >= 0.6 is 0 Å². The third-order valence-electron chi connectivity index (χ3n) is 11.2. The molecule has 4 nitrogen and oxygen atoms in total. The van der Waals surface area contributed by atoms with Crippen LogP contribution in [0.2, 0.25) is 0 Å². The van der Waals surface area contributed by atoms with Crippen LogP contribution in [0.5, 0.6) is 0 Å². The number of hydrogen-bond donors (Lipinski definition) is 0. The van der Waals surface area contributed by atoms with Crippen LogP contribution in [-0.4, -0.2) is 26.2 Å². The molecule has 0 amide bonds. The van der Waals surface area contributed by atoms with E-state index in [1.54, 1.807) is 0 Å². The Balaban J connectivity index is 1.07. The quantitative estimate of drug-likeness (QED) is 0.161. The first-order chi connectivity index (χ1) is 27.8. The average molecular weight is 713 g/mol. The molecule has 1 aliphatic rings. The maximum Gasteiger partial charge on any atom is 0.246 e. The molecule has 0 fully saturated rings. The second-order valence-corrected chi connectivity index (χ2v) is 14.3. The first-order valence-electron chi connectivity index (χ1n) is 19.1. The average Bonchev–Trinajstić information content (AvgIpc) is 3.81. The van der Waals surface area contributed by atoms with Crippen molar-refractivity contribution >= 4 is 44.9 Å². The van der Waals surface area contributed by atoms with E-state index in [-0.39, 0.29) is 6.71 Å². The summed E-state index contributed by atoms with van der Waals surface area (Å²) < 4.78 is 2.47. The predicted octanol–water partition coefficient (Wildman–Crippen LogP) is 10.1. The lowest BCUT2D eigenvalue weighted by atomic mass is 9.37. The lowest BCUT2D eigenvalue weighted by Gasteiger charge is -2.19. The molecule has 0 aliphatic carbocycles. The maximum atomic E-state index is 4.99. The van der Waals surface area contributed by atoms with Gasteiger partial charge in [-0.1, -0.05) is 193 Å². The van der Waals surface area contributed by atoms with Gasteiger partial charge in [0.2, 0.25) is 6.71 Å². The minimum atomic E-state index is 0.0265. The Hall–Kier alpha value is -7.37. The van der Waals surface area contributed by atoms with Crippen LogP contribution in [0.1, 0.15) is 0 Å². The van der Waals surface area contributed by atoms with Crippen molar-refractivity contribution in [2.45, 2.75) is 0 Å². The van der Waals surface area contributed by atoms with Crippen LogP contribution < -0.4 is 16.4 Å². The second-order valence-electron chi connectivity index (χ2n) is 14.3. The van der Waals surface area contributed by atoms with Crippen molar-refractivity contribution in [2.75, 3.05) is 0 Å². The van der Waals surface area contributed by atoms with E-state index in [9.17, 15) is 0 Å². The minimum Gasteiger partial charge on any atom is -0.310 e. The van der Waals surface area contributed by atoms with Gasteiger partial charge in [0, 0.05) is 33.2 Å². The zero-order chi connectivity index (χ0) is 37.0. The summed E-state index contributed by atoms with van der Waals surface area (Å²) in [6.07, 6.45) is 0. The lowest BCUT2D eigenvalue weighted by molar-refractivity contribution is 1.07. The Morgan fingerprint density at radius 2 is 0.750 bits per heavy atom. The summed E-state index contributed by atoms with van der Waals surface area (Å²) in [4.78, 5) is 14.9. The molecule has 1 aliphatic heterocycles. The SMILES string of the molecule is c1ccc(B2c3c(-c4ccc(-c5nc(-c6ccccc6)nc(-c6ccccc6)n5)cc4)cccc3-c3cccc(-n4c5ccccc5c5ccccc54)c32)cc1. The topological polar surface area (TPSA) is 43.6 Å². The first kappa shape index (κ1) is 32.1. The van der Waals surface area contributed by atoms with Crippen molar-refractivity contribution in [3.8, 4) is 62.1 Å². The van der Waals surface area contributed by atoms with Crippen LogP contribution in [0.25, 0.3) is 83.9 Å². The Bertz CT molecular complexity index is 2960. The predicted molar refractivity (Wildman–Crippen MR) is 232 cm³/mol. The van der Waals surface area contributed by atoms with Crippen molar-refractivity contribution in [3.05, 3.63) is 200 Å². The zero-order valence-corrected chi connectivity index (χ0v) is 30.4. The van der Waals surface area contributed by atoms with Crippen LogP contribution in [-0.2, 0) is 0 Å². The zero-order valence-electron chi connectivity index (χ0n) is 30.4. The molecule has 0 spiro atoms. The Labute approximate surface area is 325 Å². The molecule has 3 heterocycles. The molecule has 0 atom stereocenters. The number of fused-ring (bicyclic) bond motifs is 6. The van der Waals surface area contributed by atoms with E-state index in [0.717, 1.165) is 22.3 Å². The highest BCUT2D eigenvalue weighted by Crippen LogP contribution is 2.36. The number of hydrogen-bond acceptors (Lipinski definition) is 3. The molecule has 0 radical (unpaired) electrons. The number of aromatic nitrogens is 4. The fourth-order valence-electron chi connectivity index (χ4n) is 8.69. The van der Waals surface area contributed by atoms with E-state index in [4.69, 9.17) is 15.0 Å². The fraction of sp³-hybridized carbons (Fsp3) is 0. The van der Waals surface area contributed by atoms with Crippen molar-refractivity contribution in [2.24, 2.45) is 0 Å². The summed E-state index contributed by atoms with van der Waals surface area (Å²) in [5, 5.41) is 2.52. The van der Waals surface area contributed by atoms with E-state index < -0.39 is 0 Å². The maximum absolute atomic E-state index is 4.99.